The Hall–Kier alpha value is -2.56. The van der Waals surface area contributed by atoms with Gasteiger partial charge in [0.25, 0.3) is 0 Å². The van der Waals surface area contributed by atoms with Gasteiger partial charge in [-0.15, -0.1) is 0 Å². The minimum atomic E-state index is -0.175. The SMILES string of the molecule is CC(C)(C)c1ncc2c(n1)[n+]1c3c4c(c5c(cc4nc(C(C)(C)C)n23)C2CCC5C2)C1(C)C. The van der Waals surface area contributed by atoms with Gasteiger partial charge in [-0.05, 0) is 62.1 Å². The summed E-state index contributed by atoms with van der Waals surface area (Å²) in [6, 6.07) is 2.45. The molecule has 5 nitrogen and oxygen atoms in total. The number of nitrogens with zero attached hydrogens (tertiary/aromatic N) is 5. The van der Waals surface area contributed by atoms with Crippen molar-refractivity contribution in [2.45, 2.75) is 103 Å². The van der Waals surface area contributed by atoms with E-state index < -0.39 is 0 Å². The zero-order valence-electron chi connectivity index (χ0n) is 21.2. The molecule has 0 spiro atoms. The van der Waals surface area contributed by atoms with Crippen molar-refractivity contribution >= 4 is 27.7 Å². The van der Waals surface area contributed by atoms with E-state index in [2.05, 4.69) is 70.4 Å². The molecule has 1 aliphatic heterocycles. The third kappa shape index (κ3) is 2.24. The van der Waals surface area contributed by atoms with Crippen LogP contribution in [0.3, 0.4) is 0 Å². The number of imidazole rings is 1. The van der Waals surface area contributed by atoms with Crippen molar-refractivity contribution in [3.63, 3.8) is 0 Å². The molecular formula is C28H34N5+. The van der Waals surface area contributed by atoms with E-state index in [0.29, 0.717) is 5.92 Å². The summed E-state index contributed by atoms with van der Waals surface area (Å²) in [5, 5.41) is 1.34. The molecule has 7 rings (SSSR count). The lowest BCUT2D eigenvalue weighted by Crippen LogP contribution is -2.51. The normalized spacial score (nSPS) is 23.0. The van der Waals surface area contributed by atoms with E-state index in [1.54, 1.807) is 11.1 Å². The number of aromatic nitrogens is 5. The molecule has 2 unspecified atom stereocenters. The van der Waals surface area contributed by atoms with Gasteiger partial charge in [0.15, 0.2) is 5.82 Å². The third-order valence-corrected chi connectivity index (χ3v) is 8.46. The molecule has 4 heterocycles. The van der Waals surface area contributed by atoms with Gasteiger partial charge in [-0.3, -0.25) is 0 Å². The van der Waals surface area contributed by atoms with Gasteiger partial charge >= 0.3 is 5.65 Å². The van der Waals surface area contributed by atoms with E-state index in [1.807, 2.05) is 6.20 Å². The zero-order chi connectivity index (χ0) is 23.2. The van der Waals surface area contributed by atoms with Crippen LogP contribution >= 0.6 is 0 Å². The number of rotatable bonds is 0. The van der Waals surface area contributed by atoms with Crippen molar-refractivity contribution < 1.29 is 4.57 Å². The predicted molar refractivity (Wildman–Crippen MR) is 131 cm³/mol. The quantitative estimate of drug-likeness (QED) is 0.326. The molecule has 5 heteroatoms. The average Bonchev–Trinajstić information content (AvgIpc) is 3.45. The Morgan fingerprint density at radius 1 is 1.00 bits per heavy atom. The lowest BCUT2D eigenvalue weighted by Gasteiger charge is -2.27. The molecule has 0 radical (unpaired) electrons. The number of hydrogen-bond donors (Lipinski definition) is 0. The van der Waals surface area contributed by atoms with Crippen LogP contribution in [0.2, 0.25) is 0 Å². The fraction of sp³-hybridized carbons (Fsp3) is 0.571. The predicted octanol–water partition coefficient (Wildman–Crippen LogP) is 5.77. The first-order chi connectivity index (χ1) is 15.4. The molecule has 33 heavy (non-hydrogen) atoms. The fourth-order valence-corrected chi connectivity index (χ4v) is 7.07. The molecule has 2 aliphatic carbocycles. The largest absolute Gasteiger partial charge is 0.307 e. The maximum absolute atomic E-state index is 5.38. The Balaban J connectivity index is 1.74. The molecule has 170 valence electrons. The Labute approximate surface area is 195 Å². The van der Waals surface area contributed by atoms with Crippen LogP contribution in [0, 0.1) is 0 Å². The number of fused-ring (bicyclic) bond motifs is 9. The monoisotopic (exact) mass is 440 g/mol. The molecule has 0 amide bonds. The van der Waals surface area contributed by atoms with Crippen LogP contribution in [-0.2, 0) is 16.4 Å². The van der Waals surface area contributed by atoms with Gasteiger partial charge in [0.05, 0.1) is 17.1 Å². The molecule has 4 aromatic rings. The first-order valence-electron chi connectivity index (χ1n) is 12.5. The molecule has 2 atom stereocenters. The Morgan fingerprint density at radius 2 is 1.73 bits per heavy atom. The summed E-state index contributed by atoms with van der Waals surface area (Å²) in [6.07, 6.45) is 6.03. The highest BCUT2D eigenvalue weighted by molar-refractivity contribution is 6.00. The zero-order valence-corrected chi connectivity index (χ0v) is 21.2. The van der Waals surface area contributed by atoms with Crippen molar-refractivity contribution in [3.05, 3.63) is 40.6 Å². The average molecular weight is 441 g/mol. The first kappa shape index (κ1) is 19.9. The maximum atomic E-state index is 5.38. The van der Waals surface area contributed by atoms with E-state index in [9.17, 15) is 0 Å². The summed E-state index contributed by atoms with van der Waals surface area (Å²) in [6.45, 7) is 18.2. The van der Waals surface area contributed by atoms with Crippen LogP contribution in [-0.4, -0.2) is 19.4 Å². The Bertz CT molecular complexity index is 1540. The van der Waals surface area contributed by atoms with Crippen molar-refractivity contribution in [2.24, 2.45) is 0 Å². The second-order valence-corrected chi connectivity index (χ2v) is 13.2. The summed E-state index contributed by atoms with van der Waals surface area (Å²) < 4.78 is 4.89. The van der Waals surface area contributed by atoms with Gasteiger partial charge in [-0.2, -0.15) is 0 Å². The maximum Gasteiger partial charge on any atom is 0.307 e. The summed E-state index contributed by atoms with van der Waals surface area (Å²) in [4.78, 5) is 15.4. The van der Waals surface area contributed by atoms with Gasteiger partial charge in [0.1, 0.15) is 5.54 Å². The van der Waals surface area contributed by atoms with Gasteiger partial charge in [0, 0.05) is 16.4 Å². The number of benzene rings is 1. The summed E-state index contributed by atoms with van der Waals surface area (Å²) >= 11 is 0. The van der Waals surface area contributed by atoms with Gasteiger partial charge in [-0.25, -0.2) is 18.9 Å². The van der Waals surface area contributed by atoms with E-state index in [1.165, 1.54) is 41.4 Å². The lowest BCUT2D eigenvalue weighted by molar-refractivity contribution is -0.697. The van der Waals surface area contributed by atoms with Crippen molar-refractivity contribution in [1.29, 1.82) is 0 Å². The van der Waals surface area contributed by atoms with Gasteiger partial charge < -0.3 is 0 Å². The summed E-state index contributed by atoms with van der Waals surface area (Å²) in [5.41, 5.74) is 8.87. The molecular weight excluding hydrogens is 406 g/mol. The van der Waals surface area contributed by atoms with Crippen LogP contribution < -0.4 is 4.57 Å². The molecule has 0 N–H and O–H groups in total. The summed E-state index contributed by atoms with van der Waals surface area (Å²) in [5.74, 6) is 3.41. The second kappa shape index (κ2) is 5.56. The highest BCUT2D eigenvalue weighted by atomic mass is 15.3. The van der Waals surface area contributed by atoms with Crippen LogP contribution in [0.1, 0.15) is 115 Å². The van der Waals surface area contributed by atoms with Gasteiger partial charge in [-0.1, -0.05) is 46.5 Å². The van der Waals surface area contributed by atoms with Crippen LogP contribution in [0.25, 0.3) is 27.7 Å². The summed E-state index contributed by atoms with van der Waals surface area (Å²) in [7, 11) is 0. The highest BCUT2D eigenvalue weighted by Crippen LogP contribution is 2.58. The molecule has 2 bridgehead atoms. The van der Waals surface area contributed by atoms with E-state index in [4.69, 9.17) is 15.0 Å². The molecule has 1 fully saturated rings. The van der Waals surface area contributed by atoms with Crippen molar-refractivity contribution in [3.8, 4) is 0 Å². The third-order valence-electron chi connectivity index (χ3n) is 8.46. The van der Waals surface area contributed by atoms with E-state index in [-0.39, 0.29) is 16.4 Å². The van der Waals surface area contributed by atoms with Crippen molar-refractivity contribution in [1.82, 2.24) is 19.4 Å². The molecule has 3 aliphatic rings. The van der Waals surface area contributed by atoms with Gasteiger partial charge in [0.2, 0.25) is 17.0 Å². The van der Waals surface area contributed by atoms with E-state index in [0.717, 1.165) is 28.7 Å². The topological polar surface area (TPSA) is 47.0 Å². The van der Waals surface area contributed by atoms with E-state index >= 15 is 0 Å². The highest BCUT2D eigenvalue weighted by Gasteiger charge is 2.50. The molecule has 1 aromatic carbocycles. The minimum absolute atomic E-state index is 0.105. The first-order valence-corrected chi connectivity index (χ1v) is 12.5. The van der Waals surface area contributed by atoms with Crippen molar-refractivity contribution in [2.75, 3.05) is 0 Å². The second-order valence-electron chi connectivity index (χ2n) is 13.2. The van der Waals surface area contributed by atoms with Crippen LogP contribution in [0.15, 0.2) is 12.3 Å². The molecule has 3 aromatic heterocycles. The van der Waals surface area contributed by atoms with Crippen LogP contribution in [0.4, 0.5) is 0 Å². The Morgan fingerprint density at radius 3 is 2.42 bits per heavy atom. The standard InChI is InChI=1S/C28H34N5/c1-26(2,3)24-29-13-18-22(31-24)33-23-20-17(30-25(32(18)23)27(4,5)6)12-16-14-9-10-15(11-14)19(16)21(20)28(33,7)8/h12-15H,9-11H2,1-8H3/q+1. The smallest absolute Gasteiger partial charge is 0.222 e. The Kier molecular flexibility index (Phi) is 3.35. The fourth-order valence-electron chi connectivity index (χ4n) is 7.07. The van der Waals surface area contributed by atoms with Crippen LogP contribution in [0.5, 0.6) is 0 Å². The lowest BCUT2D eigenvalue weighted by atomic mass is 9.80. The number of hydrogen-bond acceptors (Lipinski definition) is 3. The molecule has 1 saturated carbocycles. The molecule has 0 saturated heterocycles. The minimum Gasteiger partial charge on any atom is -0.222 e.